The van der Waals surface area contributed by atoms with Crippen molar-refractivity contribution in [2.75, 3.05) is 13.1 Å². The van der Waals surface area contributed by atoms with Gasteiger partial charge >= 0.3 is 0 Å². The molecule has 21 heavy (non-hydrogen) atoms. The highest BCUT2D eigenvalue weighted by Crippen LogP contribution is 2.24. The Morgan fingerprint density at radius 1 is 1.10 bits per heavy atom. The van der Waals surface area contributed by atoms with E-state index in [-0.39, 0.29) is 0 Å². The average molecular weight is 301 g/mol. The molecule has 0 aromatic heterocycles. The van der Waals surface area contributed by atoms with Gasteiger partial charge in [-0.05, 0) is 24.1 Å². The van der Waals surface area contributed by atoms with Crippen LogP contribution >= 0.6 is 11.6 Å². The Morgan fingerprint density at radius 2 is 1.90 bits per heavy atom. The first kappa shape index (κ1) is 14.0. The van der Waals surface area contributed by atoms with Gasteiger partial charge in [0, 0.05) is 18.7 Å². The van der Waals surface area contributed by atoms with Crippen LogP contribution in [-0.4, -0.2) is 18.9 Å². The van der Waals surface area contributed by atoms with Crippen molar-refractivity contribution < 1.29 is 4.74 Å². The predicted octanol–water partition coefficient (Wildman–Crippen LogP) is 3.66. The number of rotatable bonds is 4. The zero-order valence-corrected chi connectivity index (χ0v) is 12.4. The molecule has 3 rings (SSSR count). The summed E-state index contributed by atoms with van der Waals surface area (Å²) in [7, 11) is 0. The molecular formula is C17H17ClN2O. The maximum absolute atomic E-state index is 6.07. The maximum Gasteiger partial charge on any atom is 0.138 e. The van der Waals surface area contributed by atoms with E-state index in [1.807, 2.05) is 24.3 Å². The summed E-state index contributed by atoms with van der Waals surface area (Å²) in [5.41, 5.74) is 2.23. The van der Waals surface area contributed by atoms with Gasteiger partial charge in [0.25, 0.3) is 0 Å². The topological polar surface area (TPSA) is 33.6 Å². The highest BCUT2D eigenvalue weighted by atomic mass is 35.5. The Kier molecular flexibility index (Phi) is 4.41. The second-order valence-electron chi connectivity index (χ2n) is 4.93. The van der Waals surface area contributed by atoms with Crippen LogP contribution < -0.4 is 10.1 Å². The maximum atomic E-state index is 6.07. The molecule has 0 saturated carbocycles. The molecule has 1 N–H and O–H groups in total. The molecular weight excluding hydrogens is 284 g/mol. The number of aliphatic imine (C=N–C) groups is 1. The summed E-state index contributed by atoms with van der Waals surface area (Å²) in [6.45, 7) is 2.40. The number of hydrogen-bond donors (Lipinski definition) is 1. The quantitative estimate of drug-likeness (QED) is 0.935. The molecule has 0 bridgehead atoms. The van der Waals surface area contributed by atoms with E-state index < -0.39 is 0 Å². The molecule has 1 aliphatic rings. The normalized spacial score (nSPS) is 14.2. The lowest BCUT2D eigenvalue weighted by molar-refractivity contribution is 0.306. The number of nitrogens with one attached hydrogen (secondary N) is 1. The highest BCUT2D eigenvalue weighted by molar-refractivity contribution is 6.32. The lowest BCUT2D eigenvalue weighted by Gasteiger charge is -2.15. The standard InChI is InChI=1S/C17H17ClN2O/c18-15-4-1-2-5-16(15)21-12-13-6-8-14(9-7-13)17-19-10-3-11-20-17/h1-2,4-9H,3,10-12H2,(H,19,20). The van der Waals surface area contributed by atoms with Gasteiger partial charge in [-0.25, -0.2) is 0 Å². The van der Waals surface area contributed by atoms with Crippen LogP contribution in [0.1, 0.15) is 17.5 Å². The van der Waals surface area contributed by atoms with Crippen molar-refractivity contribution in [3.8, 4) is 5.75 Å². The highest BCUT2D eigenvalue weighted by Gasteiger charge is 2.07. The summed E-state index contributed by atoms with van der Waals surface area (Å²) in [5.74, 6) is 1.70. The van der Waals surface area contributed by atoms with Crippen molar-refractivity contribution in [2.24, 2.45) is 4.99 Å². The molecule has 0 amide bonds. The fourth-order valence-corrected chi connectivity index (χ4v) is 2.40. The smallest absolute Gasteiger partial charge is 0.138 e. The van der Waals surface area contributed by atoms with E-state index in [1.54, 1.807) is 0 Å². The fourth-order valence-electron chi connectivity index (χ4n) is 2.21. The molecule has 0 aliphatic carbocycles. The molecule has 0 atom stereocenters. The number of para-hydroxylation sites is 1. The lowest BCUT2D eigenvalue weighted by atomic mass is 10.1. The summed E-state index contributed by atoms with van der Waals surface area (Å²) in [4.78, 5) is 4.49. The van der Waals surface area contributed by atoms with E-state index in [0.29, 0.717) is 17.4 Å². The van der Waals surface area contributed by atoms with Crippen molar-refractivity contribution in [3.05, 3.63) is 64.7 Å². The molecule has 0 saturated heterocycles. The Balaban J connectivity index is 1.65. The second-order valence-corrected chi connectivity index (χ2v) is 5.33. The molecule has 1 aliphatic heterocycles. The summed E-state index contributed by atoms with van der Waals surface area (Å²) in [6.07, 6.45) is 1.10. The number of nitrogens with zero attached hydrogens (tertiary/aromatic N) is 1. The van der Waals surface area contributed by atoms with Crippen molar-refractivity contribution in [1.29, 1.82) is 0 Å². The third-order valence-electron chi connectivity index (χ3n) is 3.36. The van der Waals surface area contributed by atoms with Crippen LogP contribution in [0.3, 0.4) is 0 Å². The van der Waals surface area contributed by atoms with Crippen molar-refractivity contribution in [2.45, 2.75) is 13.0 Å². The van der Waals surface area contributed by atoms with Gasteiger partial charge in [-0.2, -0.15) is 0 Å². The summed E-state index contributed by atoms with van der Waals surface area (Å²) in [6, 6.07) is 15.8. The molecule has 2 aromatic carbocycles. The van der Waals surface area contributed by atoms with E-state index in [4.69, 9.17) is 16.3 Å². The van der Waals surface area contributed by atoms with E-state index in [9.17, 15) is 0 Å². The van der Waals surface area contributed by atoms with E-state index in [0.717, 1.165) is 36.5 Å². The van der Waals surface area contributed by atoms with Crippen LogP contribution in [0.5, 0.6) is 5.75 Å². The number of hydrogen-bond acceptors (Lipinski definition) is 3. The first-order chi connectivity index (χ1) is 10.3. The molecule has 4 heteroatoms. The third-order valence-corrected chi connectivity index (χ3v) is 3.67. The minimum Gasteiger partial charge on any atom is -0.487 e. The van der Waals surface area contributed by atoms with Gasteiger partial charge in [-0.15, -0.1) is 0 Å². The van der Waals surface area contributed by atoms with Gasteiger partial charge in [-0.1, -0.05) is 48.0 Å². The monoisotopic (exact) mass is 300 g/mol. The van der Waals surface area contributed by atoms with Crippen molar-refractivity contribution >= 4 is 17.4 Å². The third kappa shape index (κ3) is 3.56. The van der Waals surface area contributed by atoms with Crippen LogP contribution in [0.4, 0.5) is 0 Å². The van der Waals surface area contributed by atoms with Gasteiger partial charge < -0.3 is 10.1 Å². The first-order valence-electron chi connectivity index (χ1n) is 7.08. The molecule has 0 unspecified atom stereocenters. The molecule has 1 heterocycles. The van der Waals surface area contributed by atoms with E-state index >= 15 is 0 Å². The average Bonchev–Trinajstić information content (AvgIpc) is 2.55. The molecule has 2 aromatic rings. The van der Waals surface area contributed by atoms with Crippen molar-refractivity contribution in [3.63, 3.8) is 0 Å². The molecule has 3 nitrogen and oxygen atoms in total. The number of amidine groups is 1. The minimum atomic E-state index is 0.504. The van der Waals surface area contributed by atoms with E-state index in [1.165, 1.54) is 0 Å². The van der Waals surface area contributed by atoms with Crippen LogP contribution in [0.15, 0.2) is 53.5 Å². The predicted molar refractivity (Wildman–Crippen MR) is 86.2 cm³/mol. The summed E-state index contributed by atoms with van der Waals surface area (Å²) in [5, 5.41) is 3.96. The zero-order chi connectivity index (χ0) is 14.5. The van der Waals surface area contributed by atoms with Crippen LogP contribution in [0.25, 0.3) is 0 Å². The Bertz CT molecular complexity index is 637. The van der Waals surface area contributed by atoms with Gasteiger partial charge in [0.2, 0.25) is 0 Å². The largest absolute Gasteiger partial charge is 0.487 e. The number of ether oxygens (including phenoxy) is 1. The van der Waals surface area contributed by atoms with Gasteiger partial charge in [0.1, 0.15) is 18.2 Å². The fraction of sp³-hybridized carbons (Fsp3) is 0.235. The number of halogens is 1. The SMILES string of the molecule is Clc1ccccc1OCc1ccc(C2=NCCCN2)cc1. The van der Waals surface area contributed by atoms with Gasteiger partial charge in [0.05, 0.1) is 5.02 Å². The zero-order valence-electron chi connectivity index (χ0n) is 11.7. The minimum absolute atomic E-state index is 0.504. The Hall–Kier alpha value is -2.00. The van der Waals surface area contributed by atoms with Crippen molar-refractivity contribution in [1.82, 2.24) is 5.32 Å². The first-order valence-corrected chi connectivity index (χ1v) is 7.46. The van der Waals surface area contributed by atoms with E-state index in [2.05, 4.69) is 34.6 Å². The Morgan fingerprint density at radius 3 is 2.62 bits per heavy atom. The summed E-state index contributed by atoms with van der Waals surface area (Å²) >= 11 is 6.07. The van der Waals surface area contributed by atoms with Gasteiger partial charge in [-0.3, -0.25) is 4.99 Å². The molecule has 0 fully saturated rings. The Labute approximate surface area is 129 Å². The second kappa shape index (κ2) is 6.64. The molecule has 0 spiro atoms. The molecule has 108 valence electrons. The number of benzene rings is 2. The summed E-state index contributed by atoms with van der Waals surface area (Å²) < 4.78 is 5.73. The van der Waals surface area contributed by atoms with Crippen LogP contribution in [-0.2, 0) is 6.61 Å². The van der Waals surface area contributed by atoms with Gasteiger partial charge in [0.15, 0.2) is 0 Å². The molecule has 0 radical (unpaired) electrons. The van der Waals surface area contributed by atoms with Crippen LogP contribution in [0.2, 0.25) is 5.02 Å². The lowest BCUT2D eigenvalue weighted by Crippen LogP contribution is -2.30. The van der Waals surface area contributed by atoms with Crippen LogP contribution in [0, 0.1) is 0 Å².